The topological polar surface area (TPSA) is 93.2 Å². The third kappa shape index (κ3) is 3.17. The number of nitrogens with one attached hydrogen (secondary N) is 1. The molecule has 0 aliphatic carbocycles. The predicted octanol–water partition coefficient (Wildman–Crippen LogP) is 2.43. The first-order chi connectivity index (χ1) is 13.6. The van der Waals surface area contributed by atoms with E-state index in [0.717, 1.165) is 44.5 Å². The van der Waals surface area contributed by atoms with E-state index in [1.807, 2.05) is 39.9 Å². The van der Waals surface area contributed by atoms with Crippen molar-refractivity contribution in [3.63, 3.8) is 0 Å². The van der Waals surface area contributed by atoms with Crippen LogP contribution < -0.4 is 11.1 Å². The molecular weight excluding hydrogens is 354 g/mol. The number of piperidine rings is 1. The Labute approximate surface area is 164 Å². The average molecular weight is 379 g/mol. The Balaban J connectivity index is 1.66. The molecule has 1 saturated heterocycles. The summed E-state index contributed by atoms with van der Waals surface area (Å²) < 4.78 is 1.96. The third-order valence-electron chi connectivity index (χ3n) is 5.82. The van der Waals surface area contributed by atoms with Crippen LogP contribution >= 0.6 is 0 Å². The number of amides is 2. The van der Waals surface area contributed by atoms with Crippen LogP contribution in [0.3, 0.4) is 0 Å². The predicted molar refractivity (Wildman–Crippen MR) is 108 cm³/mol. The average Bonchev–Trinajstić information content (AvgIpc) is 3.14. The number of nitrogens with two attached hydrogens (primary N) is 1. The van der Waals surface area contributed by atoms with Crippen LogP contribution in [-0.4, -0.2) is 46.1 Å². The molecule has 2 aliphatic rings. The van der Waals surface area contributed by atoms with Gasteiger partial charge in [0.25, 0.3) is 5.91 Å². The van der Waals surface area contributed by atoms with Gasteiger partial charge in [-0.1, -0.05) is 36.9 Å². The number of hydrogen-bond acceptors (Lipinski definition) is 4. The number of primary amides is 1. The first kappa shape index (κ1) is 18.3. The van der Waals surface area contributed by atoms with Gasteiger partial charge in [0, 0.05) is 25.2 Å². The molecule has 28 heavy (non-hydrogen) atoms. The number of carbonyl (C=O) groups is 2. The molecule has 3 heterocycles. The lowest BCUT2D eigenvalue weighted by Gasteiger charge is -2.38. The third-order valence-corrected chi connectivity index (χ3v) is 5.82. The van der Waals surface area contributed by atoms with Gasteiger partial charge in [-0.3, -0.25) is 9.59 Å². The van der Waals surface area contributed by atoms with Gasteiger partial charge in [-0.2, -0.15) is 5.10 Å². The second kappa shape index (κ2) is 7.50. The number of hydrogen-bond donors (Lipinski definition) is 2. The van der Waals surface area contributed by atoms with Crippen LogP contribution in [0.15, 0.2) is 43.0 Å². The molecule has 0 bridgehead atoms. The van der Waals surface area contributed by atoms with Gasteiger partial charge in [0.1, 0.15) is 17.1 Å². The summed E-state index contributed by atoms with van der Waals surface area (Å²) in [5, 5.41) is 8.16. The number of carbonyl (C=O) groups excluding carboxylic acids is 2. The quantitative estimate of drug-likeness (QED) is 0.798. The van der Waals surface area contributed by atoms with Crippen LogP contribution in [0.1, 0.15) is 35.7 Å². The van der Waals surface area contributed by atoms with E-state index >= 15 is 0 Å². The Morgan fingerprint density at radius 2 is 1.89 bits per heavy atom. The van der Waals surface area contributed by atoms with Gasteiger partial charge < -0.3 is 16.0 Å². The maximum Gasteiger partial charge on any atom is 0.254 e. The molecule has 1 fully saturated rings. The van der Waals surface area contributed by atoms with Crippen molar-refractivity contribution in [1.82, 2.24) is 14.7 Å². The smallest absolute Gasteiger partial charge is 0.254 e. The summed E-state index contributed by atoms with van der Waals surface area (Å²) in [6.45, 7) is 5.80. The SMILES string of the molecule is C=CC(=O)N1CCC(C2CCNc3c(C(N)=O)c(-c4ccccc4)nn32)CC1. The van der Waals surface area contributed by atoms with Crippen molar-refractivity contribution in [3.8, 4) is 11.3 Å². The summed E-state index contributed by atoms with van der Waals surface area (Å²) in [5.74, 6) is 0.636. The van der Waals surface area contributed by atoms with Crippen LogP contribution in [0.25, 0.3) is 11.3 Å². The highest BCUT2D eigenvalue weighted by atomic mass is 16.2. The Morgan fingerprint density at radius 1 is 1.18 bits per heavy atom. The van der Waals surface area contributed by atoms with E-state index in [9.17, 15) is 9.59 Å². The minimum absolute atomic E-state index is 0.00841. The van der Waals surface area contributed by atoms with Gasteiger partial charge in [0.05, 0.1) is 6.04 Å². The van der Waals surface area contributed by atoms with Gasteiger partial charge in [0.15, 0.2) is 0 Å². The lowest BCUT2D eigenvalue weighted by molar-refractivity contribution is -0.127. The zero-order chi connectivity index (χ0) is 19.7. The van der Waals surface area contributed by atoms with Crippen molar-refractivity contribution >= 4 is 17.6 Å². The van der Waals surface area contributed by atoms with Gasteiger partial charge in [0.2, 0.25) is 5.91 Å². The summed E-state index contributed by atoms with van der Waals surface area (Å²) in [5.41, 5.74) is 7.69. The Hall–Kier alpha value is -3.09. The monoisotopic (exact) mass is 379 g/mol. The Kier molecular flexibility index (Phi) is 4.90. The molecule has 4 rings (SSSR count). The van der Waals surface area contributed by atoms with Crippen molar-refractivity contribution in [2.24, 2.45) is 11.7 Å². The number of rotatable bonds is 4. The first-order valence-corrected chi connectivity index (χ1v) is 9.73. The van der Waals surface area contributed by atoms with E-state index in [0.29, 0.717) is 23.0 Å². The Morgan fingerprint density at radius 3 is 2.54 bits per heavy atom. The molecule has 1 unspecified atom stereocenters. The second-order valence-corrected chi connectivity index (χ2v) is 7.40. The summed E-state index contributed by atoms with van der Waals surface area (Å²) >= 11 is 0. The van der Waals surface area contributed by atoms with E-state index in [4.69, 9.17) is 10.8 Å². The van der Waals surface area contributed by atoms with E-state index in [1.54, 1.807) is 0 Å². The molecule has 2 amide bonds. The largest absolute Gasteiger partial charge is 0.370 e. The number of likely N-dealkylation sites (tertiary alicyclic amines) is 1. The highest BCUT2D eigenvalue weighted by Gasteiger charge is 2.35. The zero-order valence-corrected chi connectivity index (χ0v) is 15.8. The molecule has 146 valence electrons. The van der Waals surface area contributed by atoms with Crippen molar-refractivity contribution in [2.45, 2.75) is 25.3 Å². The van der Waals surface area contributed by atoms with Gasteiger partial charge in [-0.15, -0.1) is 0 Å². The van der Waals surface area contributed by atoms with Crippen molar-refractivity contribution in [2.75, 3.05) is 25.0 Å². The molecular formula is C21H25N5O2. The van der Waals surface area contributed by atoms with Gasteiger partial charge in [-0.25, -0.2) is 4.68 Å². The maximum atomic E-state index is 12.2. The molecule has 7 nitrogen and oxygen atoms in total. The van der Waals surface area contributed by atoms with Crippen LogP contribution in [-0.2, 0) is 4.79 Å². The fourth-order valence-corrected chi connectivity index (χ4v) is 4.41. The first-order valence-electron chi connectivity index (χ1n) is 9.73. The lowest BCUT2D eigenvalue weighted by Crippen LogP contribution is -2.41. The normalized spacial score (nSPS) is 19.6. The molecule has 2 aromatic rings. The minimum atomic E-state index is -0.473. The van der Waals surface area contributed by atoms with Crippen LogP contribution in [0.2, 0.25) is 0 Å². The summed E-state index contributed by atoms with van der Waals surface area (Å²) in [4.78, 5) is 25.9. The molecule has 1 aromatic heterocycles. The van der Waals surface area contributed by atoms with Crippen LogP contribution in [0.5, 0.6) is 0 Å². The molecule has 0 radical (unpaired) electrons. The summed E-state index contributed by atoms with van der Waals surface area (Å²) in [6.07, 6.45) is 4.13. The van der Waals surface area contributed by atoms with E-state index < -0.39 is 5.91 Å². The number of aromatic nitrogens is 2. The zero-order valence-electron chi connectivity index (χ0n) is 15.8. The second-order valence-electron chi connectivity index (χ2n) is 7.40. The minimum Gasteiger partial charge on any atom is -0.370 e. The molecule has 7 heteroatoms. The van der Waals surface area contributed by atoms with Crippen LogP contribution in [0, 0.1) is 5.92 Å². The van der Waals surface area contributed by atoms with Gasteiger partial charge in [-0.05, 0) is 31.3 Å². The molecule has 1 aromatic carbocycles. The van der Waals surface area contributed by atoms with Crippen molar-refractivity contribution in [1.29, 1.82) is 0 Å². The van der Waals surface area contributed by atoms with E-state index in [2.05, 4.69) is 11.9 Å². The summed E-state index contributed by atoms with van der Waals surface area (Å²) in [6, 6.07) is 9.85. The molecule has 0 spiro atoms. The van der Waals surface area contributed by atoms with Gasteiger partial charge >= 0.3 is 0 Å². The fourth-order valence-electron chi connectivity index (χ4n) is 4.41. The highest BCUT2D eigenvalue weighted by Crippen LogP contribution is 2.39. The lowest BCUT2D eigenvalue weighted by atomic mass is 9.87. The number of benzene rings is 1. The molecule has 2 aliphatic heterocycles. The van der Waals surface area contributed by atoms with Crippen molar-refractivity contribution in [3.05, 3.63) is 48.6 Å². The Bertz CT molecular complexity index is 897. The number of fused-ring (bicyclic) bond motifs is 1. The highest BCUT2D eigenvalue weighted by molar-refractivity contribution is 6.03. The fraction of sp³-hybridized carbons (Fsp3) is 0.381. The number of nitrogens with zero attached hydrogens (tertiary/aromatic N) is 3. The molecule has 3 N–H and O–H groups in total. The van der Waals surface area contributed by atoms with E-state index in [1.165, 1.54) is 6.08 Å². The molecule has 0 saturated carbocycles. The maximum absolute atomic E-state index is 12.2. The molecule has 1 atom stereocenters. The van der Waals surface area contributed by atoms with E-state index in [-0.39, 0.29) is 11.9 Å². The standard InChI is InChI=1S/C21H25N5O2/c1-2-17(27)25-12-9-14(10-13-25)16-8-11-23-21-18(20(22)28)19(24-26(16)21)15-6-4-3-5-7-15/h2-7,14,16,23H,1,8-13H2,(H2,22,28). The summed E-state index contributed by atoms with van der Waals surface area (Å²) in [7, 11) is 0. The van der Waals surface area contributed by atoms with Crippen molar-refractivity contribution < 1.29 is 9.59 Å². The number of anilines is 1. The van der Waals surface area contributed by atoms with Crippen LogP contribution in [0.4, 0.5) is 5.82 Å².